The van der Waals surface area contributed by atoms with Gasteiger partial charge in [0.2, 0.25) is 0 Å². The Morgan fingerprint density at radius 3 is 2.80 bits per heavy atom. The molecule has 1 aliphatic rings. The molecule has 0 fully saturated rings. The molecule has 3 aromatic carbocycles. The predicted molar refractivity (Wildman–Crippen MR) is 124 cm³/mol. The first-order valence-corrected chi connectivity index (χ1v) is 11.1. The lowest BCUT2D eigenvalue weighted by Gasteiger charge is -2.18. The summed E-state index contributed by atoms with van der Waals surface area (Å²) >= 11 is 1.76. The van der Waals surface area contributed by atoms with E-state index in [1.165, 1.54) is 17.0 Å². The molecule has 30 heavy (non-hydrogen) atoms. The van der Waals surface area contributed by atoms with E-state index < -0.39 is 0 Å². The number of aliphatic imine (C=N–C) groups is 1. The molecule has 0 radical (unpaired) electrons. The van der Waals surface area contributed by atoms with Gasteiger partial charge in [-0.1, -0.05) is 30.3 Å². The Kier molecular flexibility index (Phi) is 4.78. The molecule has 2 heterocycles. The van der Waals surface area contributed by atoms with Gasteiger partial charge in [-0.05, 0) is 60.5 Å². The van der Waals surface area contributed by atoms with Crippen LogP contribution in [-0.2, 0) is 6.42 Å². The van der Waals surface area contributed by atoms with Gasteiger partial charge >= 0.3 is 0 Å². The van der Waals surface area contributed by atoms with Crippen LogP contribution >= 0.6 is 11.8 Å². The summed E-state index contributed by atoms with van der Waals surface area (Å²) in [7, 11) is 0. The van der Waals surface area contributed by atoms with Gasteiger partial charge in [0.15, 0.2) is 0 Å². The largest absolute Gasteiger partial charge is 0.486 e. The number of aromatic amines is 1. The third-order valence-electron chi connectivity index (χ3n) is 5.61. The quantitative estimate of drug-likeness (QED) is 0.413. The van der Waals surface area contributed by atoms with Crippen LogP contribution < -0.4 is 4.74 Å². The number of nitrogens with one attached hydrogen (secondary N) is 1. The minimum Gasteiger partial charge on any atom is -0.486 e. The van der Waals surface area contributed by atoms with Gasteiger partial charge in [0.1, 0.15) is 23.2 Å². The molecule has 0 saturated carbocycles. The summed E-state index contributed by atoms with van der Waals surface area (Å²) in [6.07, 6.45) is 0.785. The van der Waals surface area contributed by atoms with Crippen molar-refractivity contribution < 1.29 is 9.13 Å². The lowest BCUT2D eigenvalue weighted by Crippen LogP contribution is -2.25. The molecule has 0 aliphatic carbocycles. The summed E-state index contributed by atoms with van der Waals surface area (Å²) in [5, 5.41) is 4.40. The molecule has 4 aromatic rings. The number of ether oxygens (including phenoxy) is 1. The summed E-state index contributed by atoms with van der Waals surface area (Å²) in [6, 6.07) is 19.4. The molecule has 5 rings (SSSR count). The zero-order valence-electron chi connectivity index (χ0n) is 17.0. The van der Waals surface area contributed by atoms with Crippen molar-refractivity contribution in [1.29, 1.82) is 0 Å². The fourth-order valence-corrected chi connectivity index (χ4v) is 5.19. The highest BCUT2D eigenvalue weighted by Gasteiger charge is 2.31. The first kappa shape index (κ1) is 19.2. The van der Waals surface area contributed by atoms with Crippen molar-refractivity contribution >= 4 is 38.5 Å². The molecule has 1 atom stereocenters. The highest BCUT2D eigenvalue weighted by atomic mass is 32.2. The Morgan fingerprint density at radius 2 is 1.93 bits per heavy atom. The third kappa shape index (κ3) is 3.70. The number of thioether (sulfide) groups is 1. The normalized spacial score (nSPS) is 18.8. The van der Waals surface area contributed by atoms with Crippen molar-refractivity contribution in [2.45, 2.75) is 25.8 Å². The molecule has 0 amide bonds. The van der Waals surface area contributed by atoms with E-state index in [9.17, 15) is 4.39 Å². The number of aryl methyl sites for hydroxylation is 1. The lowest BCUT2D eigenvalue weighted by molar-refractivity contribution is 0.382. The van der Waals surface area contributed by atoms with Gasteiger partial charge in [0.25, 0.3) is 0 Å². The van der Waals surface area contributed by atoms with Crippen molar-refractivity contribution in [2.75, 3.05) is 12.4 Å². The zero-order valence-corrected chi connectivity index (χ0v) is 17.9. The predicted octanol–water partition coefficient (Wildman–Crippen LogP) is 6.29. The molecule has 3 nitrogen and oxygen atoms in total. The van der Waals surface area contributed by atoms with Crippen molar-refractivity contribution in [3.63, 3.8) is 0 Å². The van der Waals surface area contributed by atoms with Crippen LogP contribution in [0, 0.1) is 12.7 Å². The maximum Gasteiger partial charge on any atom is 0.136 e. The van der Waals surface area contributed by atoms with Gasteiger partial charge in [-0.15, -0.1) is 11.8 Å². The summed E-state index contributed by atoms with van der Waals surface area (Å²) in [5.74, 6) is 1.58. The van der Waals surface area contributed by atoms with Crippen LogP contribution in [0.4, 0.5) is 4.39 Å². The standard InChI is InChI=1S/C25H23FN2OS/c1-16-7-10-23(21-6-4-3-5-20(16)21)29-14-24-28-25(2,15-30-24)13-19-11-17-8-9-18(26)12-22(17)27-19/h3-12,27H,13-15H2,1-2H3. The summed E-state index contributed by atoms with van der Waals surface area (Å²) in [6.45, 7) is 4.76. The van der Waals surface area contributed by atoms with E-state index in [1.54, 1.807) is 17.8 Å². The Morgan fingerprint density at radius 1 is 1.10 bits per heavy atom. The first-order chi connectivity index (χ1) is 14.5. The van der Waals surface area contributed by atoms with Crippen LogP contribution in [-0.4, -0.2) is 27.9 Å². The fourth-order valence-electron chi connectivity index (χ4n) is 4.12. The second-order valence-electron chi connectivity index (χ2n) is 8.21. The van der Waals surface area contributed by atoms with Crippen molar-refractivity contribution in [3.8, 4) is 5.75 Å². The Bertz CT molecular complexity index is 1280. The van der Waals surface area contributed by atoms with Gasteiger partial charge < -0.3 is 9.72 Å². The number of benzene rings is 3. The van der Waals surface area contributed by atoms with Crippen molar-refractivity contribution in [2.24, 2.45) is 4.99 Å². The van der Waals surface area contributed by atoms with E-state index in [2.05, 4.69) is 49.2 Å². The van der Waals surface area contributed by atoms with Crippen molar-refractivity contribution in [3.05, 3.63) is 77.7 Å². The Hall–Kier alpha value is -2.79. The van der Waals surface area contributed by atoms with Crippen LogP contribution in [0.3, 0.4) is 0 Å². The highest BCUT2D eigenvalue weighted by molar-refractivity contribution is 8.14. The molecule has 0 bridgehead atoms. The molecule has 0 spiro atoms. The van der Waals surface area contributed by atoms with Crippen LogP contribution in [0.1, 0.15) is 18.2 Å². The molecule has 1 unspecified atom stereocenters. The monoisotopic (exact) mass is 418 g/mol. The Labute approximate surface area is 179 Å². The number of rotatable bonds is 5. The van der Waals surface area contributed by atoms with E-state index in [1.807, 2.05) is 18.2 Å². The van der Waals surface area contributed by atoms with E-state index in [0.717, 1.165) is 44.9 Å². The number of hydrogen-bond acceptors (Lipinski definition) is 3. The summed E-state index contributed by atoms with van der Waals surface area (Å²) in [4.78, 5) is 8.31. The molecule has 1 aliphatic heterocycles. The van der Waals surface area contributed by atoms with Gasteiger partial charge in [0.05, 0.1) is 5.54 Å². The second kappa shape index (κ2) is 7.47. The third-order valence-corrected chi connectivity index (χ3v) is 6.92. The van der Waals surface area contributed by atoms with Crippen LogP contribution in [0.2, 0.25) is 0 Å². The maximum absolute atomic E-state index is 13.5. The zero-order chi connectivity index (χ0) is 20.7. The minimum absolute atomic E-state index is 0.196. The topological polar surface area (TPSA) is 37.4 Å². The van der Waals surface area contributed by atoms with Crippen LogP contribution in [0.15, 0.2) is 65.7 Å². The molecule has 0 saturated heterocycles. The molecule has 1 N–H and O–H groups in total. The second-order valence-corrected chi connectivity index (χ2v) is 9.26. The number of aromatic nitrogens is 1. The van der Waals surface area contributed by atoms with E-state index in [4.69, 9.17) is 9.73 Å². The van der Waals surface area contributed by atoms with Gasteiger partial charge in [-0.2, -0.15) is 0 Å². The average Bonchev–Trinajstić information content (AvgIpc) is 3.30. The van der Waals surface area contributed by atoms with Crippen molar-refractivity contribution in [1.82, 2.24) is 4.98 Å². The number of nitrogens with zero attached hydrogens (tertiary/aromatic N) is 1. The number of halogens is 1. The van der Waals surface area contributed by atoms with Gasteiger partial charge in [-0.25, -0.2) is 4.39 Å². The van der Waals surface area contributed by atoms with E-state index >= 15 is 0 Å². The maximum atomic E-state index is 13.5. The SMILES string of the molecule is Cc1ccc(OCC2=NC(C)(Cc3cc4ccc(F)cc4[nH]3)CS2)c2ccccc12. The van der Waals surface area contributed by atoms with E-state index in [-0.39, 0.29) is 11.4 Å². The van der Waals surface area contributed by atoms with Crippen LogP contribution in [0.5, 0.6) is 5.75 Å². The highest BCUT2D eigenvalue weighted by Crippen LogP contribution is 2.33. The molecule has 5 heteroatoms. The average molecular weight is 419 g/mol. The number of hydrogen-bond donors (Lipinski definition) is 1. The van der Waals surface area contributed by atoms with Crippen LogP contribution in [0.25, 0.3) is 21.7 Å². The summed E-state index contributed by atoms with van der Waals surface area (Å²) < 4.78 is 19.6. The summed E-state index contributed by atoms with van der Waals surface area (Å²) in [5.41, 5.74) is 2.96. The first-order valence-electron chi connectivity index (χ1n) is 10.1. The van der Waals surface area contributed by atoms with Gasteiger partial charge in [-0.3, -0.25) is 4.99 Å². The minimum atomic E-state index is -0.223. The smallest absolute Gasteiger partial charge is 0.136 e. The lowest BCUT2D eigenvalue weighted by atomic mass is 9.99. The van der Waals surface area contributed by atoms with E-state index in [0.29, 0.717) is 6.61 Å². The molecular weight excluding hydrogens is 395 g/mol. The molecule has 152 valence electrons. The van der Waals surface area contributed by atoms with Gasteiger partial charge in [0, 0.05) is 28.8 Å². The molecule has 1 aromatic heterocycles. The number of H-pyrrole nitrogens is 1. The Balaban J connectivity index is 1.31. The number of fused-ring (bicyclic) bond motifs is 2. The molecular formula is C25H23FN2OS. The fraction of sp³-hybridized carbons (Fsp3) is 0.240.